The molecule has 9 heteroatoms. The predicted molar refractivity (Wildman–Crippen MR) is 146 cm³/mol. The fourth-order valence-corrected chi connectivity index (χ4v) is 5.02. The van der Waals surface area contributed by atoms with Gasteiger partial charge < -0.3 is 24.9 Å². The van der Waals surface area contributed by atoms with Crippen LogP contribution >= 0.6 is 0 Å². The molecule has 0 spiro atoms. The van der Waals surface area contributed by atoms with Crippen molar-refractivity contribution < 1.29 is 14.3 Å². The smallest absolute Gasteiger partial charge is 0.259 e. The van der Waals surface area contributed by atoms with E-state index in [4.69, 9.17) is 4.74 Å². The first-order chi connectivity index (χ1) is 18.4. The van der Waals surface area contributed by atoms with Crippen molar-refractivity contribution >= 4 is 34.2 Å². The van der Waals surface area contributed by atoms with Gasteiger partial charge in [-0.2, -0.15) is 0 Å². The number of fused-ring (bicyclic) bond motifs is 4. The van der Waals surface area contributed by atoms with E-state index < -0.39 is 0 Å². The van der Waals surface area contributed by atoms with E-state index in [1.54, 1.807) is 29.2 Å². The molecule has 1 aliphatic rings. The Kier molecular flexibility index (Phi) is 5.68. The Balaban J connectivity index is 1.31. The molecule has 5 aromatic rings. The van der Waals surface area contributed by atoms with Crippen molar-refractivity contribution in [1.82, 2.24) is 19.9 Å². The number of methoxy groups -OCH3 is 1. The number of anilines is 2. The maximum absolute atomic E-state index is 13.8. The number of nitrogens with zero attached hydrogens (tertiary/aromatic N) is 3. The average molecular weight is 507 g/mol. The Morgan fingerprint density at radius 3 is 2.63 bits per heavy atom. The lowest BCUT2D eigenvalue weighted by molar-refractivity contribution is 0.0983. The number of nitrogens with one attached hydrogen (secondary N) is 3. The first-order valence-electron chi connectivity index (χ1n) is 12.3. The number of ether oxygens (including phenoxy) is 1. The number of imidazole rings is 2. The third kappa shape index (κ3) is 3.98. The lowest BCUT2D eigenvalue weighted by Crippen LogP contribution is -2.32. The van der Waals surface area contributed by atoms with Crippen LogP contribution in [0.2, 0.25) is 0 Å². The van der Waals surface area contributed by atoms with Gasteiger partial charge in [0.25, 0.3) is 11.8 Å². The van der Waals surface area contributed by atoms with Crippen molar-refractivity contribution in [2.24, 2.45) is 0 Å². The van der Waals surface area contributed by atoms with Gasteiger partial charge in [-0.15, -0.1) is 0 Å². The van der Waals surface area contributed by atoms with Gasteiger partial charge in [0, 0.05) is 29.8 Å². The molecule has 0 aliphatic carbocycles. The zero-order chi connectivity index (χ0) is 26.4. The molecule has 9 nitrogen and oxygen atoms in total. The van der Waals surface area contributed by atoms with Crippen LogP contribution in [0.3, 0.4) is 0 Å². The number of H-pyrrole nitrogens is 2. The molecule has 2 amide bonds. The zero-order valence-electron chi connectivity index (χ0n) is 21.3. The van der Waals surface area contributed by atoms with Gasteiger partial charge in [-0.25, -0.2) is 9.97 Å². The van der Waals surface area contributed by atoms with Gasteiger partial charge in [0.2, 0.25) is 0 Å². The molecule has 0 radical (unpaired) electrons. The van der Waals surface area contributed by atoms with Crippen LogP contribution in [0.15, 0.2) is 60.7 Å². The number of hydrogen-bond acceptors (Lipinski definition) is 5. The van der Waals surface area contributed by atoms with Gasteiger partial charge in [-0.3, -0.25) is 9.59 Å². The largest absolute Gasteiger partial charge is 0.496 e. The van der Waals surface area contributed by atoms with Crippen LogP contribution in [-0.2, 0) is 6.42 Å². The fourth-order valence-electron chi connectivity index (χ4n) is 5.02. The SMILES string of the molecule is COc1cc(C(=O)N2CCc3[nH]c(C)nc3-c3ccccc32)ccc1C(=O)Nc1cccc2[nH]c(C)nc12. The topological polar surface area (TPSA) is 116 Å². The third-order valence-electron chi connectivity index (χ3n) is 6.75. The van der Waals surface area contributed by atoms with Crippen LogP contribution in [0.5, 0.6) is 5.75 Å². The number of carbonyl (C=O) groups is 2. The minimum atomic E-state index is -0.353. The molecule has 0 fully saturated rings. The zero-order valence-corrected chi connectivity index (χ0v) is 21.3. The van der Waals surface area contributed by atoms with Gasteiger partial charge in [0.1, 0.15) is 22.9 Å². The monoisotopic (exact) mass is 506 g/mol. The molecule has 0 saturated heterocycles. The van der Waals surface area contributed by atoms with Gasteiger partial charge in [0.15, 0.2) is 0 Å². The first kappa shape index (κ1) is 23.5. The molecule has 190 valence electrons. The van der Waals surface area contributed by atoms with E-state index >= 15 is 0 Å². The van der Waals surface area contributed by atoms with Crippen LogP contribution in [0.25, 0.3) is 22.3 Å². The highest BCUT2D eigenvalue weighted by Crippen LogP contribution is 2.36. The minimum absolute atomic E-state index is 0.179. The molecule has 6 rings (SSSR count). The van der Waals surface area contributed by atoms with Gasteiger partial charge in [-0.1, -0.05) is 24.3 Å². The summed E-state index contributed by atoms with van der Waals surface area (Å²) in [6, 6.07) is 18.2. The Labute approximate surface area is 218 Å². The molecular weight excluding hydrogens is 480 g/mol. The van der Waals surface area contributed by atoms with Gasteiger partial charge >= 0.3 is 0 Å². The minimum Gasteiger partial charge on any atom is -0.496 e. The molecular formula is C29H26N6O3. The maximum Gasteiger partial charge on any atom is 0.259 e. The van der Waals surface area contributed by atoms with Crippen molar-refractivity contribution in [3.8, 4) is 17.0 Å². The number of carbonyl (C=O) groups excluding carboxylic acids is 2. The normalized spacial score (nSPS) is 12.6. The Hall–Kier alpha value is -4.92. The van der Waals surface area contributed by atoms with Gasteiger partial charge in [0.05, 0.1) is 35.3 Å². The summed E-state index contributed by atoms with van der Waals surface area (Å²) in [5.41, 5.74) is 6.44. The Morgan fingerprint density at radius 2 is 1.79 bits per heavy atom. The van der Waals surface area contributed by atoms with E-state index in [9.17, 15) is 9.59 Å². The average Bonchev–Trinajstić information content (AvgIpc) is 3.46. The highest BCUT2D eigenvalue weighted by Gasteiger charge is 2.27. The van der Waals surface area contributed by atoms with E-state index in [2.05, 4.69) is 25.3 Å². The van der Waals surface area contributed by atoms with E-state index in [0.29, 0.717) is 41.0 Å². The van der Waals surface area contributed by atoms with Crippen molar-refractivity contribution in [3.63, 3.8) is 0 Å². The summed E-state index contributed by atoms with van der Waals surface area (Å²) in [5.74, 6) is 1.39. The lowest BCUT2D eigenvalue weighted by Gasteiger charge is -2.23. The summed E-state index contributed by atoms with van der Waals surface area (Å²) >= 11 is 0. The number of aryl methyl sites for hydroxylation is 2. The lowest BCUT2D eigenvalue weighted by atomic mass is 10.1. The van der Waals surface area contributed by atoms with Crippen molar-refractivity contribution in [2.75, 3.05) is 23.9 Å². The maximum atomic E-state index is 13.8. The summed E-state index contributed by atoms with van der Waals surface area (Å²) in [6.45, 7) is 4.28. The number of rotatable bonds is 4. The van der Waals surface area contributed by atoms with Crippen LogP contribution in [0, 0.1) is 13.8 Å². The second-order valence-electron chi connectivity index (χ2n) is 9.27. The number of para-hydroxylation sites is 2. The van der Waals surface area contributed by atoms with Crippen molar-refractivity contribution in [1.29, 1.82) is 0 Å². The van der Waals surface area contributed by atoms with Crippen molar-refractivity contribution in [3.05, 3.63) is 89.1 Å². The summed E-state index contributed by atoms with van der Waals surface area (Å²) < 4.78 is 5.55. The summed E-state index contributed by atoms with van der Waals surface area (Å²) in [6.07, 6.45) is 0.645. The highest BCUT2D eigenvalue weighted by atomic mass is 16.5. The second kappa shape index (κ2) is 9.19. The van der Waals surface area contributed by atoms with Gasteiger partial charge in [-0.05, 0) is 50.2 Å². The molecule has 3 heterocycles. The number of benzene rings is 3. The molecule has 2 aromatic heterocycles. The molecule has 0 bridgehead atoms. The van der Waals surface area contributed by atoms with E-state index in [1.807, 2.05) is 50.2 Å². The van der Waals surface area contributed by atoms with E-state index in [-0.39, 0.29) is 11.8 Å². The van der Waals surface area contributed by atoms with E-state index in [1.165, 1.54) is 7.11 Å². The third-order valence-corrected chi connectivity index (χ3v) is 6.75. The number of amides is 2. The number of hydrogen-bond donors (Lipinski definition) is 3. The molecule has 1 aliphatic heterocycles. The second-order valence-corrected chi connectivity index (χ2v) is 9.27. The standard InChI is InChI=1S/C29H26N6O3/c1-16-31-23-13-14-35(24-10-5-4-7-19(24)26(23)32-16)29(37)18-11-12-20(25(15-18)38-3)28(36)34-22-9-6-8-21-27(22)33-17(2)30-21/h4-12,15H,13-14H2,1-3H3,(H,30,33)(H,31,32)(H,34,36). The van der Waals surface area contributed by atoms with E-state index in [0.717, 1.165) is 39.8 Å². The molecule has 0 unspecified atom stereocenters. The summed E-state index contributed by atoms with van der Waals surface area (Å²) in [5, 5.41) is 2.93. The Bertz CT molecular complexity index is 1720. The summed E-state index contributed by atoms with van der Waals surface area (Å²) in [7, 11) is 1.49. The first-order valence-corrected chi connectivity index (χ1v) is 12.3. The molecule has 0 saturated carbocycles. The molecule has 3 N–H and O–H groups in total. The highest BCUT2D eigenvalue weighted by molar-refractivity contribution is 6.12. The Morgan fingerprint density at radius 1 is 0.974 bits per heavy atom. The van der Waals surface area contributed by atoms with Crippen molar-refractivity contribution in [2.45, 2.75) is 20.3 Å². The quantitative estimate of drug-likeness (QED) is 0.316. The van der Waals surface area contributed by atoms with Crippen LogP contribution in [-0.4, -0.2) is 45.4 Å². The predicted octanol–water partition coefficient (Wildman–Crippen LogP) is 5.03. The fraction of sp³-hybridized carbons (Fsp3) is 0.172. The molecule has 38 heavy (non-hydrogen) atoms. The molecule has 0 atom stereocenters. The number of aromatic nitrogens is 4. The number of aromatic amines is 2. The van der Waals surface area contributed by atoms with Crippen LogP contribution < -0.4 is 15.0 Å². The summed E-state index contributed by atoms with van der Waals surface area (Å²) in [4.78, 5) is 44.4. The van der Waals surface area contributed by atoms with Crippen LogP contribution in [0.1, 0.15) is 38.1 Å². The van der Waals surface area contributed by atoms with Crippen LogP contribution in [0.4, 0.5) is 11.4 Å². The molecule has 3 aromatic carbocycles.